The van der Waals surface area contributed by atoms with Crippen molar-refractivity contribution in [2.75, 3.05) is 24.4 Å². The quantitative estimate of drug-likeness (QED) is 0.263. The van der Waals surface area contributed by atoms with Gasteiger partial charge in [-0.3, -0.25) is 20.4 Å². The number of nitrogens with one attached hydrogen (secondary N) is 3. The molecular weight excluding hydrogens is 567 g/mol. The lowest BCUT2D eigenvalue weighted by Crippen LogP contribution is -2.30. The van der Waals surface area contributed by atoms with Crippen LogP contribution in [0.5, 0.6) is 0 Å². The molecule has 5 rings (SSSR count). The molecule has 2 aromatic carbocycles. The third-order valence-corrected chi connectivity index (χ3v) is 7.02. The summed E-state index contributed by atoms with van der Waals surface area (Å²) in [5.74, 6) is -1.07. The van der Waals surface area contributed by atoms with Crippen molar-refractivity contribution in [3.8, 4) is 16.8 Å². The summed E-state index contributed by atoms with van der Waals surface area (Å²) in [6, 6.07) is 12.6. The lowest BCUT2D eigenvalue weighted by molar-refractivity contribution is 0.0929. The molecule has 2 aromatic heterocycles. The number of fused-ring (bicyclic) bond motifs is 4. The van der Waals surface area contributed by atoms with Gasteiger partial charge in [0.15, 0.2) is 5.82 Å². The Bertz CT molecular complexity index is 1680. The summed E-state index contributed by atoms with van der Waals surface area (Å²) in [5, 5.41) is 12.5. The Morgan fingerprint density at radius 1 is 1.21 bits per heavy atom. The zero-order valence-corrected chi connectivity index (χ0v) is 23.4. The summed E-state index contributed by atoms with van der Waals surface area (Å²) in [5.41, 5.74) is 3.53. The number of amides is 3. The molecule has 0 radical (unpaired) electrons. The monoisotopic (exact) mass is 592 g/mol. The van der Waals surface area contributed by atoms with Gasteiger partial charge in [0.25, 0.3) is 5.91 Å². The summed E-state index contributed by atoms with van der Waals surface area (Å²) >= 11 is 5.94. The Hall–Kier alpha value is -4.97. The molecule has 0 fully saturated rings. The topological polar surface area (TPSA) is 136 Å². The number of ether oxygens (including phenoxy) is 2. The number of carbonyl (C=O) groups is 3. The first-order valence-electron chi connectivity index (χ1n) is 12.9. The number of pyridine rings is 1. The summed E-state index contributed by atoms with van der Waals surface area (Å²) in [4.78, 5) is 42.2. The number of carbonyl (C=O) groups excluding carboxylic acids is 3. The number of methoxy groups -OCH3 is 1. The molecule has 13 heteroatoms. The van der Waals surface area contributed by atoms with Gasteiger partial charge >= 0.3 is 12.2 Å². The predicted octanol–water partition coefficient (Wildman–Crippen LogP) is 6.03. The fourth-order valence-corrected chi connectivity index (χ4v) is 4.78. The van der Waals surface area contributed by atoms with Crippen LogP contribution in [0.2, 0.25) is 5.02 Å². The number of hydrogen-bond acceptors (Lipinski definition) is 7. The van der Waals surface area contributed by atoms with E-state index in [1.54, 1.807) is 43.5 Å². The number of halogens is 2. The van der Waals surface area contributed by atoms with Gasteiger partial charge in [0.1, 0.15) is 5.69 Å². The van der Waals surface area contributed by atoms with Crippen LogP contribution >= 0.6 is 11.6 Å². The van der Waals surface area contributed by atoms with Gasteiger partial charge in [0, 0.05) is 17.4 Å². The SMILES string of the molecule is COC(=O)Nc1ccc2c(c1)NC(=O)OCCC[C@H](NC(=O)c1cnn(-c3cccc(Cl)c3F)c1C)c1cc-2ccn1. The van der Waals surface area contributed by atoms with E-state index in [1.165, 1.54) is 30.1 Å². The Kier molecular flexibility index (Phi) is 8.34. The fraction of sp³-hybridized carbons (Fsp3) is 0.207. The highest BCUT2D eigenvalue weighted by molar-refractivity contribution is 6.30. The zero-order valence-electron chi connectivity index (χ0n) is 22.6. The first-order valence-corrected chi connectivity index (χ1v) is 13.3. The van der Waals surface area contributed by atoms with Gasteiger partial charge in [-0.15, -0.1) is 0 Å². The summed E-state index contributed by atoms with van der Waals surface area (Å²) in [7, 11) is 1.25. The molecule has 4 aromatic rings. The normalized spacial score (nSPS) is 14.8. The van der Waals surface area contributed by atoms with E-state index < -0.39 is 30.0 Å². The molecule has 0 saturated heterocycles. The summed E-state index contributed by atoms with van der Waals surface area (Å²) in [6.07, 6.45) is 2.50. The molecular formula is C29H26ClFN6O5. The van der Waals surface area contributed by atoms with Gasteiger partial charge in [-0.05, 0) is 61.7 Å². The van der Waals surface area contributed by atoms with Gasteiger partial charge in [-0.2, -0.15) is 5.10 Å². The van der Waals surface area contributed by atoms with Crippen molar-refractivity contribution in [3.05, 3.63) is 88.7 Å². The van der Waals surface area contributed by atoms with E-state index >= 15 is 0 Å². The smallest absolute Gasteiger partial charge is 0.411 e. The minimum Gasteiger partial charge on any atom is -0.453 e. The van der Waals surface area contributed by atoms with Crippen LogP contribution in [-0.4, -0.2) is 46.6 Å². The Balaban J connectivity index is 1.46. The maximum absolute atomic E-state index is 14.6. The van der Waals surface area contributed by atoms with Crippen molar-refractivity contribution in [2.24, 2.45) is 0 Å². The molecule has 1 aliphatic rings. The van der Waals surface area contributed by atoms with Crippen molar-refractivity contribution in [1.82, 2.24) is 20.1 Å². The van der Waals surface area contributed by atoms with Gasteiger partial charge in [0.2, 0.25) is 0 Å². The summed E-state index contributed by atoms with van der Waals surface area (Å²) in [6.45, 7) is 1.74. The average Bonchev–Trinajstić information content (AvgIpc) is 3.36. The number of aromatic nitrogens is 3. The van der Waals surface area contributed by atoms with Crippen LogP contribution in [0.15, 0.2) is 60.9 Å². The molecule has 3 heterocycles. The van der Waals surface area contributed by atoms with E-state index in [0.717, 1.165) is 0 Å². The van der Waals surface area contributed by atoms with Crippen molar-refractivity contribution in [3.63, 3.8) is 0 Å². The molecule has 1 aliphatic heterocycles. The molecule has 42 heavy (non-hydrogen) atoms. The van der Waals surface area contributed by atoms with Crippen LogP contribution in [0.4, 0.5) is 25.4 Å². The van der Waals surface area contributed by atoms with Gasteiger partial charge < -0.3 is 14.8 Å². The minimum absolute atomic E-state index is 0.0546. The van der Waals surface area contributed by atoms with Gasteiger partial charge in [0.05, 0.1) is 53.6 Å². The van der Waals surface area contributed by atoms with Crippen molar-refractivity contribution >= 4 is 41.1 Å². The highest BCUT2D eigenvalue weighted by Gasteiger charge is 2.23. The molecule has 216 valence electrons. The number of nitrogens with zero attached hydrogens (tertiary/aromatic N) is 3. The first-order chi connectivity index (χ1) is 20.2. The highest BCUT2D eigenvalue weighted by Crippen LogP contribution is 2.33. The van der Waals surface area contributed by atoms with Gasteiger partial charge in [-0.25, -0.2) is 18.7 Å². The second-order valence-corrected chi connectivity index (χ2v) is 9.81. The molecule has 2 bridgehead atoms. The Morgan fingerprint density at radius 2 is 2.05 bits per heavy atom. The molecule has 1 atom stereocenters. The second kappa shape index (κ2) is 12.3. The van der Waals surface area contributed by atoms with Crippen LogP contribution in [-0.2, 0) is 9.47 Å². The van der Waals surface area contributed by atoms with E-state index in [-0.39, 0.29) is 22.9 Å². The Labute approximate surface area is 245 Å². The number of rotatable bonds is 4. The molecule has 0 saturated carbocycles. The third-order valence-electron chi connectivity index (χ3n) is 6.73. The third kappa shape index (κ3) is 6.03. The number of benzene rings is 2. The molecule has 0 spiro atoms. The fourth-order valence-electron chi connectivity index (χ4n) is 4.61. The molecule has 11 nitrogen and oxygen atoms in total. The van der Waals surface area contributed by atoms with E-state index in [1.807, 2.05) is 6.07 Å². The zero-order chi connectivity index (χ0) is 29.8. The predicted molar refractivity (Wildman–Crippen MR) is 153 cm³/mol. The maximum Gasteiger partial charge on any atom is 0.411 e. The van der Waals surface area contributed by atoms with E-state index in [0.29, 0.717) is 46.7 Å². The molecule has 0 aliphatic carbocycles. The van der Waals surface area contributed by atoms with Crippen LogP contribution in [0.25, 0.3) is 16.8 Å². The lowest BCUT2D eigenvalue weighted by Gasteiger charge is -2.21. The molecule has 3 amide bonds. The Morgan fingerprint density at radius 3 is 2.86 bits per heavy atom. The largest absolute Gasteiger partial charge is 0.453 e. The van der Waals surface area contributed by atoms with E-state index in [4.69, 9.17) is 16.3 Å². The van der Waals surface area contributed by atoms with E-state index in [9.17, 15) is 18.8 Å². The number of cyclic esters (lactones) is 1. The van der Waals surface area contributed by atoms with Crippen molar-refractivity contribution in [2.45, 2.75) is 25.8 Å². The summed E-state index contributed by atoms with van der Waals surface area (Å²) < 4.78 is 26.0. The number of hydrogen-bond donors (Lipinski definition) is 3. The minimum atomic E-state index is -0.668. The average molecular weight is 593 g/mol. The standard InChI is InChI=1S/C29H26ClFN6O5/c1-16-20(15-33-37(16)25-7-3-5-21(30)26(25)31)27(38)35-22-6-4-12-42-29(40)36-23-14-18(34-28(39)41-2)8-9-19(23)17-10-11-32-24(22)13-17/h3,5,7-11,13-15,22H,4,6,12H2,1-2H3,(H,34,39)(H,35,38)(H,36,40)/t22-/m0/s1. The molecule has 3 N–H and O–H groups in total. The highest BCUT2D eigenvalue weighted by atomic mass is 35.5. The molecule has 0 unspecified atom stereocenters. The lowest BCUT2D eigenvalue weighted by atomic mass is 9.99. The number of anilines is 2. The van der Waals surface area contributed by atoms with Crippen LogP contribution in [0, 0.1) is 12.7 Å². The van der Waals surface area contributed by atoms with Crippen LogP contribution < -0.4 is 16.0 Å². The first kappa shape index (κ1) is 28.6. The van der Waals surface area contributed by atoms with Crippen molar-refractivity contribution in [1.29, 1.82) is 0 Å². The van der Waals surface area contributed by atoms with Crippen LogP contribution in [0.1, 0.15) is 40.6 Å². The maximum atomic E-state index is 14.6. The van der Waals surface area contributed by atoms with Gasteiger partial charge in [-0.1, -0.05) is 23.7 Å². The van der Waals surface area contributed by atoms with Crippen molar-refractivity contribution < 1.29 is 28.2 Å². The van der Waals surface area contributed by atoms with Crippen LogP contribution in [0.3, 0.4) is 0 Å². The van der Waals surface area contributed by atoms with E-state index in [2.05, 4.69) is 30.8 Å². The second-order valence-electron chi connectivity index (χ2n) is 9.40.